The van der Waals surface area contributed by atoms with E-state index in [0.717, 1.165) is 6.07 Å². The van der Waals surface area contributed by atoms with Crippen LogP contribution in [0.1, 0.15) is 11.1 Å². The van der Waals surface area contributed by atoms with Crippen molar-refractivity contribution >= 4 is 5.69 Å². The smallest absolute Gasteiger partial charge is 0.395 e. The van der Waals surface area contributed by atoms with Gasteiger partial charge in [-0.3, -0.25) is 4.90 Å². The molecule has 0 unspecified atom stereocenters. The number of rotatable bonds is 3. The van der Waals surface area contributed by atoms with Gasteiger partial charge in [0.15, 0.2) is 0 Å². The Morgan fingerprint density at radius 3 is 2.38 bits per heavy atom. The van der Waals surface area contributed by atoms with E-state index in [1.54, 1.807) is 12.1 Å². The van der Waals surface area contributed by atoms with E-state index in [2.05, 4.69) is 4.90 Å². The number of anilines is 1. The molecule has 0 spiro atoms. The predicted octanol–water partition coefficient (Wildman–Crippen LogP) is 1.69. The van der Waals surface area contributed by atoms with E-state index in [9.17, 15) is 13.2 Å². The minimum absolute atomic E-state index is 0.0785. The summed E-state index contributed by atoms with van der Waals surface area (Å²) < 4.78 is 38.8. The Morgan fingerprint density at radius 2 is 1.86 bits per heavy atom. The molecule has 0 bridgehead atoms. The van der Waals surface area contributed by atoms with Gasteiger partial charge in [0.05, 0.1) is 23.8 Å². The molecular weight excluding hydrogens is 283 g/mol. The van der Waals surface area contributed by atoms with Gasteiger partial charge < -0.3 is 10.0 Å². The van der Waals surface area contributed by atoms with Crippen molar-refractivity contribution in [1.82, 2.24) is 4.90 Å². The second-order valence-corrected chi connectivity index (χ2v) is 4.89. The summed E-state index contributed by atoms with van der Waals surface area (Å²) in [6, 6.07) is 5.40. The molecule has 1 aliphatic rings. The van der Waals surface area contributed by atoms with Crippen LogP contribution in [0, 0.1) is 11.3 Å². The minimum Gasteiger partial charge on any atom is -0.395 e. The molecular formula is C14H16F3N3O. The summed E-state index contributed by atoms with van der Waals surface area (Å²) >= 11 is 0. The summed E-state index contributed by atoms with van der Waals surface area (Å²) in [5.74, 6) is 0. The molecule has 0 aromatic heterocycles. The quantitative estimate of drug-likeness (QED) is 0.923. The first-order valence-electron chi connectivity index (χ1n) is 6.65. The van der Waals surface area contributed by atoms with Crippen LogP contribution in [-0.4, -0.2) is 49.3 Å². The van der Waals surface area contributed by atoms with Crippen molar-refractivity contribution in [2.75, 3.05) is 44.2 Å². The van der Waals surface area contributed by atoms with E-state index in [4.69, 9.17) is 10.4 Å². The molecule has 1 heterocycles. The van der Waals surface area contributed by atoms with Crippen LogP contribution in [-0.2, 0) is 6.18 Å². The van der Waals surface area contributed by atoms with Crippen LogP contribution in [0.3, 0.4) is 0 Å². The predicted molar refractivity (Wildman–Crippen MR) is 71.9 cm³/mol. The van der Waals surface area contributed by atoms with Crippen molar-refractivity contribution in [2.24, 2.45) is 0 Å². The largest absolute Gasteiger partial charge is 0.417 e. The molecule has 21 heavy (non-hydrogen) atoms. The van der Waals surface area contributed by atoms with Gasteiger partial charge in [0.1, 0.15) is 0 Å². The lowest BCUT2D eigenvalue weighted by atomic mass is 10.1. The lowest BCUT2D eigenvalue weighted by molar-refractivity contribution is -0.137. The van der Waals surface area contributed by atoms with Crippen molar-refractivity contribution in [3.05, 3.63) is 29.3 Å². The van der Waals surface area contributed by atoms with Crippen molar-refractivity contribution < 1.29 is 18.3 Å². The van der Waals surface area contributed by atoms with Crippen LogP contribution in [0.15, 0.2) is 18.2 Å². The first kappa shape index (κ1) is 15.6. The number of benzene rings is 1. The van der Waals surface area contributed by atoms with Gasteiger partial charge in [-0.2, -0.15) is 18.4 Å². The van der Waals surface area contributed by atoms with Gasteiger partial charge >= 0.3 is 6.18 Å². The first-order valence-corrected chi connectivity index (χ1v) is 6.65. The third-order valence-electron chi connectivity index (χ3n) is 3.58. The molecule has 1 aromatic carbocycles. The molecule has 0 atom stereocenters. The lowest BCUT2D eigenvalue weighted by Gasteiger charge is -2.36. The van der Waals surface area contributed by atoms with Crippen LogP contribution in [0.2, 0.25) is 0 Å². The van der Waals surface area contributed by atoms with E-state index < -0.39 is 11.7 Å². The zero-order valence-corrected chi connectivity index (χ0v) is 11.4. The monoisotopic (exact) mass is 299 g/mol. The summed E-state index contributed by atoms with van der Waals surface area (Å²) in [6.07, 6.45) is -4.53. The second-order valence-electron chi connectivity index (χ2n) is 4.89. The third-order valence-corrected chi connectivity index (χ3v) is 3.58. The summed E-state index contributed by atoms with van der Waals surface area (Å²) in [5.41, 5.74) is -0.768. The van der Waals surface area contributed by atoms with Gasteiger partial charge in [-0.1, -0.05) is 0 Å². The number of hydrogen-bond donors (Lipinski definition) is 1. The highest BCUT2D eigenvalue weighted by atomic mass is 19.4. The molecule has 1 aromatic rings. The molecule has 114 valence electrons. The Bertz CT molecular complexity index is 531. The SMILES string of the molecule is N#Cc1ccc(N2CCN(CCO)CC2)cc1C(F)(F)F. The Morgan fingerprint density at radius 1 is 1.19 bits per heavy atom. The van der Waals surface area contributed by atoms with Gasteiger partial charge in [-0.05, 0) is 18.2 Å². The number of nitrogens with zero attached hydrogens (tertiary/aromatic N) is 3. The number of piperazine rings is 1. The van der Waals surface area contributed by atoms with Gasteiger partial charge in [0, 0.05) is 38.4 Å². The maximum Gasteiger partial charge on any atom is 0.417 e. The molecule has 1 aliphatic heterocycles. The summed E-state index contributed by atoms with van der Waals surface area (Å²) in [6.45, 7) is 3.25. The Hall–Kier alpha value is -1.78. The molecule has 2 rings (SSSR count). The van der Waals surface area contributed by atoms with Crippen molar-refractivity contribution in [2.45, 2.75) is 6.18 Å². The standard InChI is InChI=1S/C14H16F3N3O/c15-14(16,17)13-9-12(2-1-11(13)10-18)20-5-3-19(4-6-20)7-8-21/h1-2,9,21H,3-8H2. The molecule has 0 amide bonds. The van der Waals surface area contributed by atoms with Gasteiger partial charge in [-0.15, -0.1) is 0 Å². The van der Waals surface area contributed by atoms with Crippen LogP contribution in [0.5, 0.6) is 0 Å². The van der Waals surface area contributed by atoms with Crippen molar-refractivity contribution in [1.29, 1.82) is 5.26 Å². The topological polar surface area (TPSA) is 50.5 Å². The summed E-state index contributed by atoms with van der Waals surface area (Å²) in [4.78, 5) is 3.93. The van der Waals surface area contributed by atoms with Crippen LogP contribution < -0.4 is 4.90 Å². The molecule has 0 radical (unpaired) electrons. The molecule has 0 aliphatic carbocycles. The van der Waals surface area contributed by atoms with Crippen LogP contribution in [0.4, 0.5) is 18.9 Å². The zero-order valence-electron chi connectivity index (χ0n) is 11.4. The highest BCUT2D eigenvalue weighted by Crippen LogP contribution is 2.34. The van der Waals surface area contributed by atoms with Crippen molar-refractivity contribution in [3.8, 4) is 6.07 Å². The van der Waals surface area contributed by atoms with Crippen LogP contribution in [0.25, 0.3) is 0 Å². The van der Waals surface area contributed by atoms with E-state index >= 15 is 0 Å². The fraction of sp³-hybridized carbons (Fsp3) is 0.500. The van der Waals surface area contributed by atoms with E-state index in [1.807, 2.05) is 4.90 Å². The number of aliphatic hydroxyl groups is 1. The normalized spacial score (nSPS) is 16.8. The first-order chi connectivity index (χ1) is 9.95. The lowest BCUT2D eigenvalue weighted by Crippen LogP contribution is -2.47. The van der Waals surface area contributed by atoms with Gasteiger partial charge in [0.25, 0.3) is 0 Å². The number of aliphatic hydroxyl groups excluding tert-OH is 1. The fourth-order valence-electron chi connectivity index (χ4n) is 2.43. The number of hydrogen-bond acceptors (Lipinski definition) is 4. The third kappa shape index (κ3) is 3.65. The average Bonchev–Trinajstić information content (AvgIpc) is 2.47. The summed E-state index contributed by atoms with van der Waals surface area (Å²) in [7, 11) is 0. The maximum atomic E-state index is 12.9. The Labute approximate surface area is 121 Å². The van der Waals surface area contributed by atoms with E-state index in [1.165, 1.54) is 6.07 Å². The minimum atomic E-state index is -4.53. The molecule has 0 saturated carbocycles. The highest BCUT2D eigenvalue weighted by Gasteiger charge is 2.34. The van der Waals surface area contributed by atoms with Crippen LogP contribution >= 0.6 is 0 Å². The highest BCUT2D eigenvalue weighted by molar-refractivity contribution is 5.55. The number of nitriles is 1. The average molecular weight is 299 g/mol. The fourth-order valence-corrected chi connectivity index (χ4v) is 2.43. The maximum absolute atomic E-state index is 12.9. The molecule has 7 heteroatoms. The number of β-amino-alcohol motifs (C(OH)–C–C–N with tert-alkyl or cyclic N) is 1. The molecule has 4 nitrogen and oxygen atoms in total. The molecule has 1 saturated heterocycles. The number of alkyl halides is 3. The zero-order chi connectivity index (χ0) is 15.5. The van der Waals surface area contributed by atoms with Crippen molar-refractivity contribution in [3.63, 3.8) is 0 Å². The second kappa shape index (κ2) is 6.33. The Balaban J connectivity index is 2.17. The van der Waals surface area contributed by atoms with E-state index in [-0.39, 0.29) is 12.2 Å². The van der Waals surface area contributed by atoms with Gasteiger partial charge in [-0.25, -0.2) is 0 Å². The van der Waals surface area contributed by atoms with E-state index in [0.29, 0.717) is 38.4 Å². The Kier molecular flexibility index (Phi) is 4.70. The summed E-state index contributed by atoms with van der Waals surface area (Å²) in [5, 5.41) is 17.7. The van der Waals surface area contributed by atoms with Gasteiger partial charge in [0.2, 0.25) is 0 Å². The molecule has 1 N–H and O–H groups in total. The number of halogens is 3. The molecule has 1 fully saturated rings.